The first-order valence-electron chi connectivity index (χ1n) is 3.79. The Morgan fingerprint density at radius 1 is 1.43 bits per heavy atom. The summed E-state index contributed by atoms with van der Waals surface area (Å²) in [6.07, 6.45) is 0. The molecule has 0 aliphatic carbocycles. The van der Waals surface area contributed by atoms with Gasteiger partial charge in [0.1, 0.15) is 10.7 Å². The Morgan fingerprint density at radius 3 is 2.50 bits per heavy atom. The molecule has 0 aromatic heterocycles. The van der Waals surface area contributed by atoms with E-state index in [0.29, 0.717) is 0 Å². The van der Waals surface area contributed by atoms with Crippen LogP contribution in [-0.2, 0) is 4.84 Å². The molecule has 0 heterocycles. The third-order valence-corrected chi connectivity index (χ3v) is 2.21. The first-order chi connectivity index (χ1) is 6.49. The monoisotopic (exact) mass is 219 g/mol. The molecule has 6 heteroatoms. The van der Waals surface area contributed by atoms with Gasteiger partial charge in [0.05, 0.1) is 18.5 Å². The van der Waals surface area contributed by atoms with Crippen molar-refractivity contribution >= 4 is 28.7 Å². The van der Waals surface area contributed by atoms with Gasteiger partial charge in [-0.1, -0.05) is 11.6 Å². The van der Waals surface area contributed by atoms with Gasteiger partial charge >= 0.3 is 0 Å². The molecule has 0 saturated heterocycles. The topological polar surface area (TPSA) is 64.5 Å². The second-order valence-electron chi connectivity index (χ2n) is 2.71. The molecule has 1 rings (SSSR count). The molecule has 4 N–H and O–H groups in total. The maximum Gasteiger partial charge on any atom is 0.171 e. The van der Waals surface area contributed by atoms with E-state index in [1.54, 1.807) is 0 Å². The lowest BCUT2D eigenvalue weighted by Crippen LogP contribution is -2.18. The Kier molecular flexibility index (Phi) is 3.03. The molecule has 0 radical (unpaired) electrons. The van der Waals surface area contributed by atoms with Crippen LogP contribution in [-0.4, -0.2) is 14.2 Å². The molecule has 4 nitrogen and oxygen atoms in total. The summed E-state index contributed by atoms with van der Waals surface area (Å²) in [5.41, 5.74) is 11.3. The minimum atomic E-state index is -0.687. The van der Waals surface area contributed by atoms with Gasteiger partial charge in [0.15, 0.2) is 5.82 Å². The van der Waals surface area contributed by atoms with E-state index in [9.17, 15) is 4.39 Å². The van der Waals surface area contributed by atoms with Gasteiger partial charge in [-0.05, 0) is 6.07 Å². The normalized spacial score (nSPS) is 10.3. The van der Waals surface area contributed by atoms with E-state index in [1.165, 1.54) is 25.3 Å². The second-order valence-corrected chi connectivity index (χ2v) is 3.09. The van der Waals surface area contributed by atoms with Crippen LogP contribution in [0.3, 0.4) is 0 Å². The van der Waals surface area contributed by atoms with Crippen molar-refractivity contribution in [2.75, 3.05) is 30.7 Å². The Balaban J connectivity index is 3.36. The SMILES string of the molecule is CON(C)c1c(N)cc(N)c(Cl)c1F. The van der Waals surface area contributed by atoms with Crippen molar-refractivity contribution in [3.05, 3.63) is 16.9 Å². The van der Waals surface area contributed by atoms with E-state index in [4.69, 9.17) is 27.9 Å². The van der Waals surface area contributed by atoms with E-state index < -0.39 is 5.82 Å². The van der Waals surface area contributed by atoms with Crippen LogP contribution in [0.4, 0.5) is 21.5 Å². The van der Waals surface area contributed by atoms with Crippen molar-refractivity contribution in [2.24, 2.45) is 0 Å². The van der Waals surface area contributed by atoms with Crippen molar-refractivity contribution in [2.45, 2.75) is 0 Å². The fourth-order valence-corrected chi connectivity index (χ4v) is 1.21. The molecule has 0 atom stereocenters. The van der Waals surface area contributed by atoms with Gasteiger partial charge in [0.2, 0.25) is 0 Å². The van der Waals surface area contributed by atoms with Crippen molar-refractivity contribution in [3.63, 3.8) is 0 Å². The summed E-state index contributed by atoms with van der Waals surface area (Å²) in [5, 5.41) is 1.02. The number of rotatable bonds is 2. The number of hydrogen-bond acceptors (Lipinski definition) is 4. The molecule has 0 saturated carbocycles. The van der Waals surface area contributed by atoms with Gasteiger partial charge in [-0.25, -0.2) is 4.39 Å². The molecule has 0 amide bonds. The molecule has 0 aliphatic heterocycles. The summed E-state index contributed by atoms with van der Waals surface area (Å²) in [6.45, 7) is 0. The summed E-state index contributed by atoms with van der Waals surface area (Å²) in [5.74, 6) is -0.687. The highest BCUT2D eigenvalue weighted by Gasteiger charge is 2.17. The van der Waals surface area contributed by atoms with Crippen molar-refractivity contribution in [1.82, 2.24) is 0 Å². The quantitative estimate of drug-likeness (QED) is 0.586. The molecule has 0 fully saturated rings. The third-order valence-electron chi connectivity index (χ3n) is 1.83. The predicted octanol–water partition coefficient (Wildman–Crippen LogP) is 1.64. The second kappa shape index (κ2) is 3.89. The number of nitrogen functional groups attached to an aromatic ring is 2. The number of hydrogen-bond donors (Lipinski definition) is 2. The number of hydroxylamine groups is 1. The molecule has 0 bridgehead atoms. The van der Waals surface area contributed by atoms with Crippen molar-refractivity contribution in [3.8, 4) is 0 Å². The average molecular weight is 220 g/mol. The summed E-state index contributed by atoms with van der Waals surface area (Å²) >= 11 is 5.62. The first-order valence-corrected chi connectivity index (χ1v) is 4.17. The Labute approximate surface area is 86.1 Å². The Bertz CT molecular complexity index is 359. The van der Waals surface area contributed by atoms with Gasteiger partial charge in [-0.15, -0.1) is 0 Å². The highest BCUT2D eigenvalue weighted by Crippen LogP contribution is 2.35. The van der Waals surface area contributed by atoms with E-state index >= 15 is 0 Å². The van der Waals surface area contributed by atoms with Crippen LogP contribution in [0.15, 0.2) is 6.07 Å². The molecule has 14 heavy (non-hydrogen) atoms. The van der Waals surface area contributed by atoms with Crippen LogP contribution in [0.2, 0.25) is 5.02 Å². The van der Waals surface area contributed by atoms with Crippen LogP contribution in [0.25, 0.3) is 0 Å². The minimum Gasteiger partial charge on any atom is -0.397 e. The van der Waals surface area contributed by atoms with Crippen LogP contribution in [0.5, 0.6) is 0 Å². The van der Waals surface area contributed by atoms with Crippen LogP contribution < -0.4 is 16.5 Å². The first kappa shape index (κ1) is 10.9. The third kappa shape index (κ3) is 1.69. The van der Waals surface area contributed by atoms with Crippen LogP contribution >= 0.6 is 11.6 Å². The highest BCUT2D eigenvalue weighted by molar-refractivity contribution is 6.33. The fourth-order valence-electron chi connectivity index (χ4n) is 1.07. The lowest BCUT2D eigenvalue weighted by Gasteiger charge is -2.19. The maximum atomic E-state index is 13.5. The zero-order valence-corrected chi connectivity index (χ0v) is 8.60. The zero-order valence-electron chi connectivity index (χ0n) is 7.84. The number of halogens is 2. The number of nitrogens with two attached hydrogens (primary N) is 2. The zero-order chi connectivity index (χ0) is 10.9. The largest absolute Gasteiger partial charge is 0.397 e. The van der Waals surface area contributed by atoms with E-state index in [-0.39, 0.29) is 22.1 Å². The molecule has 78 valence electrons. The molecule has 1 aromatic rings. The van der Waals surface area contributed by atoms with Gasteiger partial charge in [-0.2, -0.15) is 0 Å². The predicted molar refractivity (Wildman–Crippen MR) is 55.6 cm³/mol. The van der Waals surface area contributed by atoms with Gasteiger partial charge in [0.25, 0.3) is 0 Å². The Morgan fingerprint density at radius 2 is 2.00 bits per heavy atom. The molecule has 0 spiro atoms. The maximum absolute atomic E-state index is 13.5. The highest BCUT2D eigenvalue weighted by atomic mass is 35.5. The summed E-state index contributed by atoms with van der Waals surface area (Å²) in [4.78, 5) is 4.81. The summed E-state index contributed by atoms with van der Waals surface area (Å²) < 4.78 is 13.5. The molecular weight excluding hydrogens is 209 g/mol. The number of anilines is 3. The van der Waals surface area contributed by atoms with Gasteiger partial charge in [-0.3, -0.25) is 9.90 Å². The van der Waals surface area contributed by atoms with Crippen molar-refractivity contribution < 1.29 is 9.23 Å². The number of nitrogens with zero attached hydrogens (tertiary/aromatic N) is 1. The lowest BCUT2D eigenvalue weighted by atomic mass is 10.2. The van der Waals surface area contributed by atoms with E-state index in [1.807, 2.05) is 0 Å². The molecule has 1 aromatic carbocycles. The molecule has 0 aliphatic rings. The smallest absolute Gasteiger partial charge is 0.171 e. The van der Waals surface area contributed by atoms with E-state index in [0.717, 1.165) is 0 Å². The molecule has 0 unspecified atom stereocenters. The minimum absolute atomic E-state index is 0.0756. The van der Waals surface area contributed by atoms with Crippen molar-refractivity contribution in [1.29, 1.82) is 0 Å². The van der Waals surface area contributed by atoms with E-state index in [2.05, 4.69) is 0 Å². The average Bonchev–Trinajstić information content (AvgIpc) is 2.14. The Hall–Kier alpha value is -1.20. The number of benzene rings is 1. The summed E-state index contributed by atoms with van der Waals surface area (Å²) in [7, 11) is 2.91. The van der Waals surface area contributed by atoms with Crippen LogP contribution in [0.1, 0.15) is 0 Å². The van der Waals surface area contributed by atoms with Crippen LogP contribution in [0, 0.1) is 5.82 Å². The molecular formula is C8H11ClFN3O. The summed E-state index contributed by atoms with van der Waals surface area (Å²) in [6, 6.07) is 1.39. The fraction of sp³-hybridized carbons (Fsp3) is 0.250. The standard InChI is InChI=1S/C8H11ClFN3O/c1-13(14-2)8-5(12)3-4(11)6(9)7(8)10/h3H,11-12H2,1-2H3. The lowest BCUT2D eigenvalue weighted by molar-refractivity contribution is 0.183. The van der Waals surface area contributed by atoms with Gasteiger partial charge in [0, 0.05) is 7.05 Å². The van der Waals surface area contributed by atoms with Gasteiger partial charge < -0.3 is 11.5 Å².